The SMILES string of the molecule is CCN1CCC(C2=CN3C=CC=C(C(N)=O)C3N2)CC1. The normalized spacial score (nSPS) is 26.9. The van der Waals surface area contributed by atoms with Gasteiger partial charge in [0.25, 0.3) is 0 Å². The van der Waals surface area contributed by atoms with Gasteiger partial charge >= 0.3 is 0 Å². The summed E-state index contributed by atoms with van der Waals surface area (Å²) in [5.41, 5.74) is 7.32. The number of rotatable bonds is 3. The first-order valence-electron chi connectivity index (χ1n) is 7.35. The molecule has 1 amide bonds. The largest absolute Gasteiger partial charge is 0.366 e. The van der Waals surface area contributed by atoms with E-state index in [2.05, 4.69) is 23.3 Å². The molecule has 1 atom stereocenters. The van der Waals surface area contributed by atoms with E-state index in [4.69, 9.17) is 5.73 Å². The van der Waals surface area contributed by atoms with Gasteiger partial charge in [-0.15, -0.1) is 0 Å². The van der Waals surface area contributed by atoms with Gasteiger partial charge in [0, 0.05) is 24.0 Å². The molecule has 0 aromatic heterocycles. The van der Waals surface area contributed by atoms with Gasteiger partial charge in [-0.2, -0.15) is 0 Å². The van der Waals surface area contributed by atoms with Crippen LogP contribution >= 0.6 is 0 Å². The number of likely N-dealkylation sites (tertiary alicyclic amines) is 1. The lowest BCUT2D eigenvalue weighted by molar-refractivity contribution is -0.115. The third-order valence-corrected chi connectivity index (χ3v) is 4.48. The number of primary amides is 1. The summed E-state index contributed by atoms with van der Waals surface area (Å²) >= 11 is 0. The van der Waals surface area contributed by atoms with E-state index < -0.39 is 0 Å². The number of carbonyl (C=O) groups excluding carboxylic acids is 1. The Kier molecular flexibility index (Phi) is 3.53. The first kappa shape index (κ1) is 13.2. The van der Waals surface area contributed by atoms with Crippen LogP contribution in [0, 0.1) is 5.92 Å². The number of nitrogens with one attached hydrogen (secondary N) is 1. The molecule has 5 nitrogen and oxygen atoms in total. The van der Waals surface area contributed by atoms with E-state index in [1.54, 1.807) is 6.08 Å². The van der Waals surface area contributed by atoms with Crippen molar-refractivity contribution in [1.29, 1.82) is 0 Å². The molecule has 3 N–H and O–H groups in total. The number of nitrogens with two attached hydrogens (primary N) is 1. The number of hydrogen-bond acceptors (Lipinski definition) is 4. The van der Waals surface area contributed by atoms with Gasteiger partial charge in [-0.05, 0) is 44.6 Å². The molecule has 20 heavy (non-hydrogen) atoms. The van der Waals surface area contributed by atoms with Crippen molar-refractivity contribution in [3.05, 3.63) is 35.8 Å². The second-order valence-electron chi connectivity index (χ2n) is 5.61. The molecule has 3 rings (SSSR count). The zero-order valence-electron chi connectivity index (χ0n) is 11.9. The first-order valence-corrected chi connectivity index (χ1v) is 7.35. The third-order valence-electron chi connectivity index (χ3n) is 4.48. The Balaban J connectivity index is 1.68. The summed E-state index contributed by atoms with van der Waals surface area (Å²) in [5.74, 6) is 0.207. The molecular formula is C15H22N4O. The lowest BCUT2D eigenvalue weighted by Gasteiger charge is -2.32. The molecule has 0 aromatic rings. The molecule has 0 aliphatic carbocycles. The summed E-state index contributed by atoms with van der Waals surface area (Å²) in [6, 6.07) is 0. The predicted molar refractivity (Wildman–Crippen MR) is 78.1 cm³/mol. The molecule has 1 unspecified atom stereocenters. The second kappa shape index (κ2) is 5.32. The fraction of sp³-hybridized carbons (Fsp3) is 0.533. The lowest BCUT2D eigenvalue weighted by Crippen LogP contribution is -2.42. The van der Waals surface area contributed by atoms with Crippen molar-refractivity contribution in [2.45, 2.75) is 25.9 Å². The third kappa shape index (κ3) is 2.33. The molecule has 3 heterocycles. The Hall–Kier alpha value is -1.75. The highest BCUT2D eigenvalue weighted by atomic mass is 16.1. The molecule has 3 aliphatic rings. The maximum Gasteiger partial charge on any atom is 0.248 e. The summed E-state index contributed by atoms with van der Waals surface area (Å²) in [4.78, 5) is 16.0. The number of allylic oxidation sites excluding steroid dienone is 3. The number of amides is 1. The maximum atomic E-state index is 11.5. The highest BCUT2D eigenvalue weighted by Crippen LogP contribution is 2.30. The maximum absolute atomic E-state index is 11.5. The second-order valence-corrected chi connectivity index (χ2v) is 5.61. The molecule has 5 heteroatoms. The van der Waals surface area contributed by atoms with Gasteiger partial charge in [0.15, 0.2) is 0 Å². The molecule has 0 saturated carbocycles. The molecule has 0 bridgehead atoms. The summed E-state index contributed by atoms with van der Waals surface area (Å²) in [5, 5.41) is 3.48. The smallest absolute Gasteiger partial charge is 0.248 e. The van der Waals surface area contributed by atoms with E-state index in [9.17, 15) is 4.79 Å². The Bertz CT molecular complexity index is 486. The Morgan fingerprint density at radius 1 is 1.45 bits per heavy atom. The van der Waals surface area contributed by atoms with Crippen LogP contribution in [0.25, 0.3) is 0 Å². The number of nitrogens with zero attached hydrogens (tertiary/aromatic N) is 2. The summed E-state index contributed by atoms with van der Waals surface area (Å²) < 4.78 is 0. The standard InChI is InChI=1S/C15H22N4O/c1-2-18-8-5-11(6-9-18)13-10-19-7-3-4-12(14(16)20)15(19)17-13/h3-4,7,10-11,15,17H,2,5-6,8-9H2,1H3,(H2,16,20). The highest BCUT2D eigenvalue weighted by Gasteiger charge is 2.33. The summed E-state index contributed by atoms with van der Waals surface area (Å²) in [7, 11) is 0. The molecule has 0 radical (unpaired) electrons. The van der Waals surface area contributed by atoms with E-state index in [0.717, 1.165) is 19.6 Å². The van der Waals surface area contributed by atoms with E-state index in [1.165, 1.54) is 18.5 Å². The van der Waals surface area contributed by atoms with Gasteiger partial charge in [-0.3, -0.25) is 4.79 Å². The minimum Gasteiger partial charge on any atom is -0.366 e. The Labute approximate surface area is 119 Å². The van der Waals surface area contributed by atoms with E-state index >= 15 is 0 Å². The van der Waals surface area contributed by atoms with Crippen molar-refractivity contribution in [3.63, 3.8) is 0 Å². The van der Waals surface area contributed by atoms with Gasteiger partial charge in [0.2, 0.25) is 5.91 Å². The highest BCUT2D eigenvalue weighted by molar-refractivity contribution is 5.94. The van der Waals surface area contributed by atoms with Gasteiger partial charge in [0.05, 0.1) is 5.57 Å². The molecule has 1 saturated heterocycles. The van der Waals surface area contributed by atoms with Crippen LogP contribution in [0.5, 0.6) is 0 Å². The van der Waals surface area contributed by atoms with Crippen LogP contribution in [0.4, 0.5) is 0 Å². The van der Waals surface area contributed by atoms with E-state index in [1.807, 2.05) is 17.2 Å². The molecule has 3 aliphatic heterocycles. The number of piperidine rings is 1. The van der Waals surface area contributed by atoms with Crippen LogP contribution < -0.4 is 11.1 Å². The number of fused-ring (bicyclic) bond motifs is 1. The van der Waals surface area contributed by atoms with Crippen molar-refractivity contribution < 1.29 is 4.79 Å². The minimum atomic E-state index is -0.354. The minimum absolute atomic E-state index is 0.114. The van der Waals surface area contributed by atoms with Crippen LogP contribution in [0.3, 0.4) is 0 Å². The summed E-state index contributed by atoms with van der Waals surface area (Å²) in [6.45, 7) is 5.64. The zero-order chi connectivity index (χ0) is 14.1. The van der Waals surface area contributed by atoms with Crippen LogP contribution in [0.15, 0.2) is 35.8 Å². The van der Waals surface area contributed by atoms with Crippen molar-refractivity contribution in [2.24, 2.45) is 11.7 Å². The van der Waals surface area contributed by atoms with Crippen LogP contribution in [-0.2, 0) is 4.79 Å². The van der Waals surface area contributed by atoms with Gasteiger partial charge in [-0.25, -0.2) is 0 Å². The average Bonchev–Trinajstić information content (AvgIpc) is 2.90. The molecule has 0 aromatic carbocycles. The Morgan fingerprint density at radius 3 is 2.85 bits per heavy atom. The van der Waals surface area contributed by atoms with Crippen molar-refractivity contribution in [2.75, 3.05) is 19.6 Å². The molecular weight excluding hydrogens is 252 g/mol. The molecule has 1 fully saturated rings. The Morgan fingerprint density at radius 2 is 2.20 bits per heavy atom. The monoisotopic (exact) mass is 274 g/mol. The average molecular weight is 274 g/mol. The van der Waals surface area contributed by atoms with Gasteiger partial charge in [0.1, 0.15) is 6.17 Å². The summed E-state index contributed by atoms with van der Waals surface area (Å²) in [6.07, 6.45) is 10.0. The molecule has 108 valence electrons. The van der Waals surface area contributed by atoms with Crippen LogP contribution in [-0.4, -0.2) is 41.5 Å². The predicted octanol–water partition coefficient (Wildman–Crippen LogP) is 0.730. The van der Waals surface area contributed by atoms with Gasteiger partial charge in [-0.1, -0.05) is 6.92 Å². The zero-order valence-corrected chi connectivity index (χ0v) is 11.9. The van der Waals surface area contributed by atoms with E-state index in [0.29, 0.717) is 11.5 Å². The topological polar surface area (TPSA) is 61.6 Å². The number of hydrogen-bond donors (Lipinski definition) is 2. The fourth-order valence-electron chi connectivity index (χ4n) is 3.21. The lowest BCUT2D eigenvalue weighted by atomic mass is 9.94. The van der Waals surface area contributed by atoms with Crippen molar-refractivity contribution >= 4 is 5.91 Å². The van der Waals surface area contributed by atoms with Gasteiger partial charge < -0.3 is 20.9 Å². The van der Waals surface area contributed by atoms with Crippen LogP contribution in [0.2, 0.25) is 0 Å². The van der Waals surface area contributed by atoms with E-state index in [-0.39, 0.29) is 12.1 Å². The van der Waals surface area contributed by atoms with Crippen molar-refractivity contribution in [1.82, 2.24) is 15.1 Å². The number of carbonyl (C=O) groups is 1. The fourth-order valence-corrected chi connectivity index (χ4v) is 3.21. The van der Waals surface area contributed by atoms with Crippen molar-refractivity contribution in [3.8, 4) is 0 Å². The first-order chi connectivity index (χ1) is 9.69. The molecule has 0 spiro atoms. The van der Waals surface area contributed by atoms with Crippen LogP contribution in [0.1, 0.15) is 19.8 Å². The quantitative estimate of drug-likeness (QED) is 0.796.